The molecule has 18 heteroatoms. The number of benzene rings is 4. The van der Waals surface area contributed by atoms with E-state index in [1.807, 2.05) is 0 Å². The van der Waals surface area contributed by atoms with Gasteiger partial charge in [0.05, 0.1) is 53.0 Å². The summed E-state index contributed by atoms with van der Waals surface area (Å²) in [7, 11) is -8.20. The van der Waals surface area contributed by atoms with Crippen LogP contribution in [0.25, 0.3) is 0 Å². The van der Waals surface area contributed by atoms with Gasteiger partial charge in [-0.15, -0.1) is 0 Å². The van der Waals surface area contributed by atoms with E-state index in [-0.39, 0.29) is 51.8 Å². The van der Waals surface area contributed by atoms with Crippen molar-refractivity contribution in [2.75, 3.05) is 28.4 Å². The third-order valence-electron chi connectivity index (χ3n) is 7.71. The highest BCUT2D eigenvalue weighted by molar-refractivity contribution is 7.93. The number of carbonyl (C=O) groups is 2. The van der Waals surface area contributed by atoms with Crippen molar-refractivity contribution in [3.05, 3.63) is 105 Å². The number of aliphatic carboxylic acids is 1. The monoisotopic (exact) mass is 830 g/mol. The van der Waals surface area contributed by atoms with Gasteiger partial charge in [-0.2, -0.15) is 0 Å². The fraction of sp³-hybridized carbons (Fsp3) is 0.235. The number of halogens is 4. The number of anilines is 2. The molecule has 1 N–H and O–H groups in total. The summed E-state index contributed by atoms with van der Waals surface area (Å²) in [5, 5.41) is 9.73. The van der Waals surface area contributed by atoms with Gasteiger partial charge in [0.1, 0.15) is 34.5 Å². The lowest BCUT2D eigenvalue weighted by Gasteiger charge is -2.37. The molecule has 2 aliphatic rings. The second kappa shape index (κ2) is 16.4. The minimum Gasteiger partial charge on any atom is -0.489 e. The molecule has 52 heavy (non-hydrogen) atoms. The van der Waals surface area contributed by atoms with Crippen molar-refractivity contribution in [3.8, 4) is 11.5 Å². The molecule has 0 radical (unpaired) electrons. The predicted octanol–water partition coefficient (Wildman–Crippen LogP) is 7.33. The number of rotatable bonds is 9. The molecule has 0 fully saturated rings. The standard InChI is InChI=1S/C18H17Cl2NO5S.C16H13Cl2NO5S/c1-2-25-18(22)10-13-11-26-16-6-4-3-5-15(16)21(13)27(23,24)17-8-7-12(19)9-14(17)20;17-10-5-6-15(12(18)7-10)25(22,23)19-11(8-16(20)21)9-24-14-4-2-1-3-13(14)19/h3-9,13H,2,10-11H2,1H3;1-7,11H,8-9H2,(H,20,21). The molecular weight excluding hydrogens is 802 g/mol. The van der Waals surface area contributed by atoms with Crippen molar-refractivity contribution < 1.29 is 45.7 Å². The third kappa shape index (κ3) is 8.48. The number of ether oxygens (including phenoxy) is 3. The number of carboxylic acids is 1. The highest BCUT2D eigenvalue weighted by atomic mass is 35.5. The van der Waals surface area contributed by atoms with Crippen LogP contribution >= 0.6 is 46.4 Å². The maximum atomic E-state index is 13.4. The van der Waals surface area contributed by atoms with Crippen molar-refractivity contribution in [3.63, 3.8) is 0 Å². The fourth-order valence-corrected chi connectivity index (χ4v) is 10.3. The first-order valence-electron chi connectivity index (χ1n) is 15.4. The SMILES string of the molecule is CCOC(=O)CC1COc2ccccc2N1S(=O)(=O)c1ccc(Cl)cc1Cl.O=C(O)CC1COc2ccccc2N1S(=O)(=O)c1ccc(Cl)cc1Cl. The van der Waals surface area contributed by atoms with Gasteiger partial charge in [0.25, 0.3) is 20.0 Å². The molecular formula is C34H30Cl4N2O10S2. The second-order valence-electron chi connectivity index (χ2n) is 11.2. The lowest BCUT2D eigenvalue weighted by molar-refractivity contribution is -0.143. The molecule has 0 saturated heterocycles. The van der Waals surface area contributed by atoms with Gasteiger partial charge < -0.3 is 19.3 Å². The molecule has 4 aromatic rings. The van der Waals surface area contributed by atoms with Gasteiger partial charge in [-0.05, 0) is 67.6 Å². The quantitative estimate of drug-likeness (QED) is 0.170. The molecule has 276 valence electrons. The van der Waals surface area contributed by atoms with E-state index in [1.54, 1.807) is 55.5 Å². The van der Waals surface area contributed by atoms with Gasteiger partial charge in [-0.25, -0.2) is 16.8 Å². The number of sulfonamides is 2. The Morgan fingerprint density at radius 2 is 1.13 bits per heavy atom. The minimum atomic E-state index is -4.12. The molecule has 2 atom stereocenters. The highest BCUT2D eigenvalue weighted by Gasteiger charge is 2.40. The number of hydrogen-bond donors (Lipinski definition) is 1. The highest BCUT2D eigenvalue weighted by Crippen LogP contribution is 2.41. The Bertz CT molecular complexity index is 2210. The Balaban J connectivity index is 0.000000202. The maximum absolute atomic E-state index is 13.4. The van der Waals surface area contributed by atoms with Crippen LogP contribution in [0, 0.1) is 0 Å². The van der Waals surface area contributed by atoms with E-state index in [9.17, 15) is 26.4 Å². The van der Waals surface area contributed by atoms with E-state index in [0.717, 1.165) is 4.31 Å². The van der Waals surface area contributed by atoms with E-state index in [0.29, 0.717) is 27.2 Å². The summed E-state index contributed by atoms with van der Waals surface area (Å²) in [6.45, 7) is 1.83. The largest absolute Gasteiger partial charge is 0.489 e. The molecule has 0 bridgehead atoms. The summed E-state index contributed by atoms with van der Waals surface area (Å²) in [6, 6.07) is 19.8. The van der Waals surface area contributed by atoms with Crippen molar-refractivity contribution in [1.29, 1.82) is 0 Å². The zero-order chi connectivity index (χ0) is 37.8. The van der Waals surface area contributed by atoms with Crippen LogP contribution in [0.5, 0.6) is 11.5 Å². The zero-order valence-corrected chi connectivity index (χ0v) is 31.8. The number of carboxylic acid groups (broad SMARTS) is 1. The molecule has 4 aromatic carbocycles. The van der Waals surface area contributed by atoms with Crippen LogP contribution in [-0.4, -0.2) is 65.8 Å². The van der Waals surface area contributed by atoms with Crippen LogP contribution < -0.4 is 18.1 Å². The number of hydrogen-bond acceptors (Lipinski definition) is 9. The molecule has 0 spiro atoms. The van der Waals surface area contributed by atoms with E-state index < -0.39 is 50.5 Å². The van der Waals surface area contributed by atoms with Crippen LogP contribution in [0.3, 0.4) is 0 Å². The number of para-hydroxylation sites is 4. The smallest absolute Gasteiger partial charge is 0.308 e. The van der Waals surface area contributed by atoms with Gasteiger partial charge in [-0.1, -0.05) is 70.7 Å². The van der Waals surface area contributed by atoms with Crippen LogP contribution in [-0.2, 0) is 34.4 Å². The molecule has 2 unspecified atom stereocenters. The molecule has 2 heterocycles. The van der Waals surface area contributed by atoms with Gasteiger partial charge in [0.15, 0.2) is 0 Å². The molecule has 0 saturated carbocycles. The lowest BCUT2D eigenvalue weighted by Crippen LogP contribution is -2.48. The Kier molecular flexibility index (Phi) is 12.4. The number of esters is 1. The summed E-state index contributed by atoms with van der Waals surface area (Å²) in [5.74, 6) is -0.868. The van der Waals surface area contributed by atoms with Crippen LogP contribution in [0.1, 0.15) is 19.8 Å². The summed E-state index contributed by atoms with van der Waals surface area (Å²) in [6.07, 6.45) is -0.550. The maximum Gasteiger partial charge on any atom is 0.308 e. The average Bonchev–Trinajstić information content (AvgIpc) is 3.07. The Labute approximate surface area is 320 Å². The zero-order valence-electron chi connectivity index (χ0n) is 27.1. The summed E-state index contributed by atoms with van der Waals surface area (Å²) in [5.41, 5.74) is 0.607. The Morgan fingerprint density at radius 1 is 0.712 bits per heavy atom. The van der Waals surface area contributed by atoms with Crippen molar-refractivity contribution in [2.45, 2.75) is 41.6 Å². The third-order valence-corrected chi connectivity index (χ3v) is 12.9. The molecule has 2 aliphatic heterocycles. The van der Waals surface area contributed by atoms with Crippen molar-refractivity contribution >= 4 is 89.8 Å². The van der Waals surface area contributed by atoms with Crippen LogP contribution in [0.4, 0.5) is 11.4 Å². The molecule has 0 amide bonds. The normalized spacial score (nSPS) is 16.6. The fourth-order valence-electron chi connectivity index (χ4n) is 5.55. The van der Waals surface area contributed by atoms with E-state index in [1.165, 1.54) is 40.7 Å². The number of carbonyl (C=O) groups excluding carboxylic acids is 1. The molecule has 0 aliphatic carbocycles. The van der Waals surface area contributed by atoms with Gasteiger partial charge in [0.2, 0.25) is 0 Å². The molecule has 6 rings (SSSR count). The first-order chi connectivity index (χ1) is 24.6. The predicted molar refractivity (Wildman–Crippen MR) is 197 cm³/mol. The molecule has 12 nitrogen and oxygen atoms in total. The van der Waals surface area contributed by atoms with E-state index in [2.05, 4.69) is 0 Å². The topological polar surface area (TPSA) is 157 Å². The van der Waals surface area contributed by atoms with Crippen LogP contribution in [0.2, 0.25) is 20.1 Å². The van der Waals surface area contributed by atoms with E-state index in [4.69, 9.17) is 65.7 Å². The second-order valence-corrected chi connectivity index (χ2v) is 16.5. The lowest BCUT2D eigenvalue weighted by atomic mass is 10.1. The average molecular weight is 833 g/mol. The van der Waals surface area contributed by atoms with Crippen molar-refractivity contribution in [1.82, 2.24) is 0 Å². The van der Waals surface area contributed by atoms with Crippen molar-refractivity contribution in [2.24, 2.45) is 0 Å². The van der Waals surface area contributed by atoms with Crippen LogP contribution in [0.15, 0.2) is 94.7 Å². The number of fused-ring (bicyclic) bond motifs is 2. The first-order valence-corrected chi connectivity index (χ1v) is 19.8. The first kappa shape index (κ1) is 39.3. The summed E-state index contributed by atoms with van der Waals surface area (Å²) in [4.78, 5) is 22.9. The van der Waals surface area contributed by atoms with Gasteiger partial charge in [0, 0.05) is 10.0 Å². The minimum absolute atomic E-state index is 0.00126. The number of nitrogens with zero attached hydrogens (tertiary/aromatic N) is 2. The van der Waals surface area contributed by atoms with E-state index >= 15 is 0 Å². The Hall–Kier alpha value is -3.92. The van der Waals surface area contributed by atoms with Gasteiger partial charge in [-0.3, -0.25) is 18.2 Å². The Morgan fingerprint density at radius 3 is 1.54 bits per heavy atom. The van der Waals surface area contributed by atoms with Gasteiger partial charge >= 0.3 is 11.9 Å². The summed E-state index contributed by atoms with van der Waals surface area (Å²) < 4.78 is 71.7. The summed E-state index contributed by atoms with van der Waals surface area (Å²) >= 11 is 24.0. The molecule has 0 aromatic heterocycles.